The molecule has 1 aliphatic carbocycles. The highest BCUT2D eigenvalue weighted by Crippen LogP contribution is 2.33. The number of nitrogens with one attached hydrogen (secondary N) is 1. The molecule has 3 aromatic rings. The molecule has 0 unspecified atom stereocenters. The Morgan fingerprint density at radius 2 is 1.86 bits per heavy atom. The molecule has 154 valence electrons. The summed E-state index contributed by atoms with van der Waals surface area (Å²) in [5.41, 5.74) is 2.80. The van der Waals surface area contributed by atoms with E-state index in [0.29, 0.717) is 12.0 Å². The number of hydrogen-bond donors (Lipinski definition) is 1. The average molecular weight is 413 g/mol. The van der Waals surface area contributed by atoms with Gasteiger partial charge in [0.2, 0.25) is 10.0 Å². The van der Waals surface area contributed by atoms with E-state index < -0.39 is 10.0 Å². The van der Waals surface area contributed by atoms with Crippen molar-refractivity contribution in [1.29, 1.82) is 0 Å². The summed E-state index contributed by atoms with van der Waals surface area (Å²) in [6.45, 7) is 4.46. The Labute approximate surface area is 172 Å². The fourth-order valence-corrected chi connectivity index (χ4v) is 5.15. The summed E-state index contributed by atoms with van der Waals surface area (Å²) in [5, 5.41) is 0. The maximum atomic E-state index is 12.8. The van der Waals surface area contributed by atoms with E-state index in [0.717, 1.165) is 41.8 Å². The van der Waals surface area contributed by atoms with Gasteiger partial charge in [-0.3, -0.25) is 0 Å². The van der Waals surface area contributed by atoms with Gasteiger partial charge in [-0.2, -0.15) is 0 Å². The molecule has 1 N–H and O–H groups in total. The van der Waals surface area contributed by atoms with E-state index in [1.165, 1.54) is 12.8 Å². The van der Waals surface area contributed by atoms with Crippen LogP contribution in [0.3, 0.4) is 0 Å². The summed E-state index contributed by atoms with van der Waals surface area (Å²) in [6, 6.07) is 11.3. The van der Waals surface area contributed by atoms with E-state index in [-0.39, 0.29) is 11.4 Å². The van der Waals surface area contributed by atoms with Crippen LogP contribution in [-0.4, -0.2) is 23.0 Å². The Balaban J connectivity index is 1.56. The first-order chi connectivity index (χ1) is 13.9. The quantitative estimate of drug-likeness (QED) is 0.630. The van der Waals surface area contributed by atoms with Crippen LogP contribution >= 0.6 is 0 Å². The minimum Gasteiger partial charge on any atom is -0.308 e. The summed E-state index contributed by atoms with van der Waals surface area (Å²) in [7, 11) is -3.61. The maximum Gasteiger partial charge on any atom is 0.240 e. The lowest BCUT2D eigenvalue weighted by molar-refractivity contribution is 0.502. The predicted octanol–water partition coefficient (Wildman–Crippen LogP) is 4.22. The maximum absolute atomic E-state index is 12.8. The molecule has 29 heavy (non-hydrogen) atoms. The van der Waals surface area contributed by atoms with Gasteiger partial charge in [-0.1, -0.05) is 38.8 Å². The first-order valence-electron chi connectivity index (χ1n) is 10.3. The molecular formula is C22H28N4O2S. The average Bonchev–Trinajstić information content (AvgIpc) is 3.33. The molecule has 1 aromatic carbocycles. The number of rotatable bonds is 7. The standard InChI is InChI=1S/C22H28N4O2S/c1-16(2)14-17-9-11-19(12-10-17)29(27,28)24-15-21-25-20-8-5-13-23-22(20)26(21)18-6-3-4-7-18/h5,8-13,16,18,24H,3-4,6-7,14-15H2,1-2H3. The predicted molar refractivity (Wildman–Crippen MR) is 114 cm³/mol. The second kappa shape index (κ2) is 8.24. The Hall–Kier alpha value is -2.25. The Morgan fingerprint density at radius 1 is 1.14 bits per heavy atom. The highest BCUT2D eigenvalue weighted by molar-refractivity contribution is 7.89. The smallest absolute Gasteiger partial charge is 0.240 e. The third-order valence-corrected chi connectivity index (χ3v) is 6.93. The molecule has 0 saturated heterocycles. The molecule has 0 atom stereocenters. The Kier molecular flexibility index (Phi) is 5.69. The number of aromatic nitrogens is 3. The topological polar surface area (TPSA) is 76.9 Å². The van der Waals surface area contributed by atoms with Gasteiger partial charge in [0.1, 0.15) is 11.3 Å². The Morgan fingerprint density at radius 3 is 2.55 bits per heavy atom. The van der Waals surface area contributed by atoms with Crippen molar-refractivity contribution in [3.05, 3.63) is 54.0 Å². The molecule has 1 saturated carbocycles. The Bertz CT molecular complexity index is 1080. The van der Waals surface area contributed by atoms with Crippen LogP contribution in [0.5, 0.6) is 0 Å². The normalized spacial score (nSPS) is 15.6. The van der Waals surface area contributed by atoms with Crippen molar-refractivity contribution >= 4 is 21.2 Å². The molecule has 6 nitrogen and oxygen atoms in total. The van der Waals surface area contributed by atoms with E-state index >= 15 is 0 Å². The first kappa shape index (κ1) is 20.0. The zero-order valence-corrected chi connectivity index (χ0v) is 17.8. The number of hydrogen-bond acceptors (Lipinski definition) is 4. The molecule has 0 radical (unpaired) electrons. The van der Waals surface area contributed by atoms with Crippen LogP contribution < -0.4 is 4.72 Å². The summed E-state index contributed by atoms with van der Waals surface area (Å²) in [4.78, 5) is 9.46. The van der Waals surface area contributed by atoms with Crippen LogP contribution in [0, 0.1) is 5.92 Å². The number of nitrogens with zero attached hydrogens (tertiary/aromatic N) is 3. The van der Waals surface area contributed by atoms with Crippen LogP contribution in [0.2, 0.25) is 0 Å². The third-order valence-electron chi connectivity index (χ3n) is 5.51. The highest BCUT2D eigenvalue weighted by atomic mass is 32.2. The number of imidazole rings is 1. The SMILES string of the molecule is CC(C)Cc1ccc(S(=O)(=O)NCc2nc3cccnc3n2C2CCCC2)cc1. The summed E-state index contributed by atoms with van der Waals surface area (Å²) in [6.07, 6.45) is 7.24. The zero-order valence-electron chi connectivity index (χ0n) is 17.0. The van der Waals surface area contributed by atoms with Gasteiger partial charge in [0, 0.05) is 12.2 Å². The highest BCUT2D eigenvalue weighted by Gasteiger charge is 2.24. The van der Waals surface area contributed by atoms with E-state index in [2.05, 4.69) is 33.1 Å². The molecule has 4 rings (SSSR count). The molecular weight excluding hydrogens is 384 g/mol. The van der Waals surface area contributed by atoms with Crippen molar-refractivity contribution < 1.29 is 8.42 Å². The molecule has 1 aliphatic rings. The van der Waals surface area contributed by atoms with Crippen molar-refractivity contribution in [2.45, 2.75) is 63.4 Å². The molecule has 2 heterocycles. The van der Waals surface area contributed by atoms with E-state index in [1.54, 1.807) is 18.3 Å². The van der Waals surface area contributed by atoms with Gasteiger partial charge in [0.05, 0.1) is 11.4 Å². The molecule has 0 bridgehead atoms. The van der Waals surface area contributed by atoms with Gasteiger partial charge in [0.25, 0.3) is 0 Å². The van der Waals surface area contributed by atoms with Crippen molar-refractivity contribution in [2.75, 3.05) is 0 Å². The number of sulfonamides is 1. The summed E-state index contributed by atoms with van der Waals surface area (Å²) < 4.78 is 30.5. The van der Waals surface area contributed by atoms with E-state index in [4.69, 9.17) is 0 Å². The minimum atomic E-state index is -3.61. The minimum absolute atomic E-state index is 0.156. The summed E-state index contributed by atoms with van der Waals surface area (Å²) >= 11 is 0. The van der Waals surface area contributed by atoms with Crippen LogP contribution in [0.4, 0.5) is 0 Å². The zero-order chi connectivity index (χ0) is 20.4. The van der Waals surface area contributed by atoms with Gasteiger partial charge >= 0.3 is 0 Å². The fourth-order valence-electron chi connectivity index (χ4n) is 4.17. The lowest BCUT2D eigenvalue weighted by Gasteiger charge is -2.16. The molecule has 7 heteroatoms. The lowest BCUT2D eigenvalue weighted by Crippen LogP contribution is -2.25. The molecule has 1 fully saturated rings. The first-order valence-corrected chi connectivity index (χ1v) is 11.8. The van der Waals surface area contributed by atoms with Crippen molar-refractivity contribution in [3.63, 3.8) is 0 Å². The number of pyridine rings is 1. The van der Waals surface area contributed by atoms with Crippen molar-refractivity contribution in [1.82, 2.24) is 19.3 Å². The van der Waals surface area contributed by atoms with E-state index in [1.807, 2.05) is 24.3 Å². The van der Waals surface area contributed by atoms with Crippen LogP contribution in [0.1, 0.15) is 57.0 Å². The molecule has 0 spiro atoms. The molecule has 0 amide bonds. The summed E-state index contributed by atoms with van der Waals surface area (Å²) in [5.74, 6) is 1.26. The molecule has 0 aliphatic heterocycles. The van der Waals surface area contributed by atoms with Crippen molar-refractivity contribution in [3.8, 4) is 0 Å². The number of fused-ring (bicyclic) bond motifs is 1. The van der Waals surface area contributed by atoms with Crippen LogP contribution in [0.25, 0.3) is 11.2 Å². The third kappa shape index (κ3) is 4.36. The largest absolute Gasteiger partial charge is 0.308 e. The van der Waals surface area contributed by atoms with Gasteiger partial charge in [-0.05, 0) is 55.0 Å². The molecule has 2 aromatic heterocycles. The van der Waals surface area contributed by atoms with E-state index in [9.17, 15) is 8.42 Å². The van der Waals surface area contributed by atoms with Crippen LogP contribution in [0.15, 0.2) is 47.5 Å². The van der Waals surface area contributed by atoms with Gasteiger partial charge in [0.15, 0.2) is 5.65 Å². The van der Waals surface area contributed by atoms with Gasteiger partial charge < -0.3 is 4.57 Å². The second-order valence-electron chi connectivity index (χ2n) is 8.25. The monoisotopic (exact) mass is 412 g/mol. The fraction of sp³-hybridized carbons (Fsp3) is 0.455. The lowest BCUT2D eigenvalue weighted by atomic mass is 10.0. The number of benzene rings is 1. The van der Waals surface area contributed by atoms with Gasteiger partial charge in [-0.15, -0.1) is 0 Å². The second-order valence-corrected chi connectivity index (χ2v) is 10.0. The van der Waals surface area contributed by atoms with Crippen LogP contribution in [-0.2, 0) is 23.0 Å². The van der Waals surface area contributed by atoms with Crippen molar-refractivity contribution in [2.24, 2.45) is 5.92 Å². The van der Waals surface area contributed by atoms with Gasteiger partial charge in [-0.25, -0.2) is 23.1 Å².